The van der Waals surface area contributed by atoms with Crippen molar-refractivity contribution in [2.75, 3.05) is 20.8 Å². The Balaban J connectivity index is 1.35. The van der Waals surface area contributed by atoms with Gasteiger partial charge in [0, 0.05) is 23.1 Å². The zero-order valence-corrected chi connectivity index (χ0v) is 18.3. The van der Waals surface area contributed by atoms with E-state index in [2.05, 4.69) is 4.98 Å². The lowest BCUT2D eigenvalue weighted by molar-refractivity contribution is -0.146. The van der Waals surface area contributed by atoms with Gasteiger partial charge in [-0.1, -0.05) is 23.7 Å². The van der Waals surface area contributed by atoms with Gasteiger partial charge >= 0.3 is 5.97 Å². The Hall–Kier alpha value is -2.99. The van der Waals surface area contributed by atoms with Crippen LogP contribution in [0.15, 0.2) is 48.7 Å². The number of halogens is 1. The van der Waals surface area contributed by atoms with Crippen molar-refractivity contribution in [1.29, 1.82) is 0 Å². The molecule has 0 N–H and O–H groups in total. The summed E-state index contributed by atoms with van der Waals surface area (Å²) in [4.78, 5) is 16.7. The third-order valence-corrected chi connectivity index (χ3v) is 5.87. The first-order chi connectivity index (χ1) is 15.0. The number of fused-ring (bicyclic) bond motifs is 1. The molecule has 0 amide bonds. The molecule has 0 spiro atoms. The van der Waals surface area contributed by atoms with Gasteiger partial charge in [-0.2, -0.15) is 0 Å². The number of benzene rings is 2. The molecular weight excluding hydrogens is 418 g/mol. The Morgan fingerprint density at radius 2 is 1.84 bits per heavy atom. The summed E-state index contributed by atoms with van der Waals surface area (Å²) in [6, 6.07) is 12.8. The molecule has 1 saturated carbocycles. The highest BCUT2D eigenvalue weighted by Crippen LogP contribution is 2.50. The van der Waals surface area contributed by atoms with Crippen molar-refractivity contribution in [3.05, 3.63) is 59.2 Å². The third-order valence-electron chi connectivity index (χ3n) is 5.54. The van der Waals surface area contributed by atoms with Crippen LogP contribution in [0.2, 0.25) is 5.02 Å². The number of rotatable bonds is 9. The quantitative estimate of drug-likeness (QED) is 0.425. The molecule has 1 aliphatic rings. The lowest BCUT2D eigenvalue weighted by atomic mass is 10.0. The first kappa shape index (κ1) is 21.2. The van der Waals surface area contributed by atoms with E-state index in [1.165, 1.54) is 0 Å². The number of carbonyl (C=O) groups excluding carboxylic acids is 1. The Morgan fingerprint density at radius 3 is 2.52 bits per heavy atom. The molecule has 1 aliphatic carbocycles. The first-order valence-corrected chi connectivity index (χ1v) is 10.4. The summed E-state index contributed by atoms with van der Waals surface area (Å²) >= 11 is 6.25. The van der Waals surface area contributed by atoms with Gasteiger partial charge in [0.2, 0.25) is 0 Å². The summed E-state index contributed by atoms with van der Waals surface area (Å²) in [5.41, 5.74) is 1.45. The number of hydrogen-bond donors (Lipinski definition) is 0. The minimum absolute atomic E-state index is 0.196. The van der Waals surface area contributed by atoms with Gasteiger partial charge in [-0.15, -0.1) is 0 Å². The molecule has 3 aromatic rings. The van der Waals surface area contributed by atoms with Crippen molar-refractivity contribution in [3.8, 4) is 17.2 Å². The smallest absolute Gasteiger partial charge is 0.306 e. The van der Waals surface area contributed by atoms with Crippen molar-refractivity contribution >= 4 is 28.5 Å². The molecule has 4 rings (SSSR count). The highest BCUT2D eigenvalue weighted by molar-refractivity contribution is 6.35. The van der Waals surface area contributed by atoms with E-state index in [0.29, 0.717) is 29.5 Å². The van der Waals surface area contributed by atoms with Crippen LogP contribution in [0.1, 0.15) is 24.8 Å². The molecule has 0 aliphatic heterocycles. The normalized spacial score (nSPS) is 14.2. The second kappa shape index (κ2) is 9.02. The Morgan fingerprint density at radius 1 is 1.06 bits per heavy atom. The predicted octanol–water partition coefficient (Wildman–Crippen LogP) is 5.20. The topological polar surface area (TPSA) is 66.9 Å². The minimum Gasteiger partial charge on any atom is -0.497 e. The number of ether oxygens (including phenoxy) is 4. The third kappa shape index (κ3) is 5.02. The highest BCUT2D eigenvalue weighted by Gasteiger charge is 2.46. The fourth-order valence-corrected chi connectivity index (χ4v) is 3.62. The molecule has 31 heavy (non-hydrogen) atoms. The summed E-state index contributed by atoms with van der Waals surface area (Å²) in [5, 5.41) is 1.41. The van der Waals surface area contributed by atoms with Gasteiger partial charge in [-0.3, -0.25) is 9.78 Å². The fraction of sp³-hybridized carbons (Fsp3) is 0.333. The molecular formula is C24H24ClNO5. The number of aromatic nitrogens is 1. The molecule has 7 heteroatoms. The van der Waals surface area contributed by atoms with Gasteiger partial charge in [-0.05, 0) is 42.7 Å². The van der Waals surface area contributed by atoms with E-state index in [1.54, 1.807) is 26.5 Å². The average Bonchev–Trinajstić information content (AvgIpc) is 3.55. The molecule has 2 aromatic carbocycles. The Bertz CT molecular complexity index is 1080. The van der Waals surface area contributed by atoms with Crippen LogP contribution in [-0.2, 0) is 16.1 Å². The fourth-order valence-electron chi connectivity index (χ4n) is 3.41. The second-order valence-electron chi connectivity index (χ2n) is 7.79. The van der Waals surface area contributed by atoms with Gasteiger partial charge < -0.3 is 18.9 Å². The van der Waals surface area contributed by atoms with Crippen LogP contribution in [0.3, 0.4) is 0 Å². The Labute approximate surface area is 186 Å². The SMILES string of the molecule is COc1ccc(COC(=O)CC2(COc3cc4nccc(Cl)c4cc3OC)CC2)cc1. The minimum atomic E-state index is -0.226. The zero-order valence-electron chi connectivity index (χ0n) is 17.5. The van der Waals surface area contributed by atoms with Crippen molar-refractivity contribution in [1.82, 2.24) is 4.98 Å². The van der Waals surface area contributed by atoms with Crippen molar-refractivity contribution in [3.63, 3.8) is 0 Å². The molecule has 1 heterocycles. The van der Waals surface area contributed by atoms with E-state index in [4.69, 9.17) is 30.5 Å². The summed E-state index contributed by atoms with van der Waals surface area (Å²) in [5.74, 6) is 1.71. The molecule has 0 atom stereocenters. The number of hydrogen-bond acceptors (Lipinski definition) is 6. The lowest BCUT2D eigenvalue weighted by Crippen LogP contribution is -2.19. The summed E-state index contributed by atoms with van der Waals surface area (Å²) in [7, 11) is 3.20. The monoisotopic (exact) mass is 441 g/mol. The van der Waals surface area contributed by atoms with E-state index in [9.17, 15) is 4.79 Å². The van der Waals surface area contributed by atoms with Crippen LogP contribution in [0, 0.1) is 5.41 Å². The second-order valence-corrected chi connectivity index (χ2v) is 8.19. The largest absolute Gasteiger partial charge is 0.497 e. The average molecular weight is 442 g/mol. The predicted molar refractivity (Wildman–Crippen MR) is 118 cm³/mol. The number of carbonyl (C=O) groups is 1. The van der Waals surface area contributed by atoms with Crippen molar-refractivity contribution in [2.45, 2.75) is 25.9 Å². The van der Waals surface area contributed by atoms with Crippen molar-refractivity contribution in [2.24, 2.45) is 5.41 Å². The maximum atomic E-state index is 12.4. The Kier molecular flexibility index (Phi) is 6.18. The van der Waals surface area contributed by atoms with E-state index >= 15 is 0 Å². The molecule has 6 nitrogen and oxygen atoms in total. The molecule has 0 radical (unpaired) electrons. The van der Waals surface area contributed by atoms with Crippen LogP contribution < -0.4 is 14.2 Å². The molecule has 162 valence electrons. The highest BCUT2D eigenvalue weighted by atomic mass is 35.5. The number of methoxy groups -OCH3 is 2. The molecule has 0 unspecified atom stereocenters. The first-order valence-electron chi connectivity index (χ1n) is 10.1. The summed E-state index contributed by atoms with van der Waals surface area (Å²) < 4.78 is 22.1. The van der Waals surface area contributed by atoms with Gasteiger partial charge in [0.1, 0.15) is 12.4 Å². The lowest BCUT2D eigenvalue weighted by Gasteiger charge is -2.18. The van der Waals surface area contributed by atoms with Crippen LogP contribution in [0.5, 0.6) is 17.2 Å². The maximum Gasteiger partial charge on any atom is 0.306 e. The standard InChI is InChI=1S/C24H24ClNO5/c1-28-17-5-3-16(4-6-17)14-30-23(27)13-24(8-9-24)15-31-22-12-20-18(11-21(22)29-2)19(25)7-10-26-20/h3-7,10-12H,8-9,13-15H2,1-2H3. The summed E-state index contributed by atoms with van der Waals surface area (Å²) in [6.07, 6.45) is 3.82. The van der Waals surface area contributed by atoms with Gasteiger partial charge in [0.25, 0.3) is 0 Å². The van der Waals surface area contributed by atoms with E-state index in [-0.39, 0.29) is 18.0 Å². The molecule has 1 aromatic heterocycles. The molecule has 0 saturated heterocycles. The van der Waals surface area contributed by atoms with Crippen LogP contribution in [-0.4, -0.2) is 31.8 Å². The molecule has 0 bridgehead atoms. The molecule has 1 fully saturated rings. The zero-order chi connectivity index (χ0) is 21.8. The summed E-state index contributed by atoms with van der Waals surface area (Å²) in [6.45, 7) is 0.651. The van der Waals surface area contributed by atoms with Crippen LogP contribution in [0.25, 0.3) is 10.9 Å². The number of pyridine rings is 1. The van der Waals surface area contributed by atoms with E-state index < -0.39 is 0 Å². The maximum absolute atomic E-state index is 12.4. The van der Waals surface area contributed by atoms with Gasteiger partial charge in [0.05, 0.1) is 37.8 Å². The van der Waals surface area contributed by atoms with Gasteiger partial charge in [0.15, 0.2) is 11.5 Å². The number of nitrogens with zero attached hydrogens (tertiary/aromatic N) is 1. The number of esters is 1. The van der Waals surface area contributed by atoms with E-state index in [1.807, 2.05) is 36.4 Å². The van der Waals surface area contributed by atoms with Crippen LogP contribution in [0.4, 0.5) is 0 Å². The van der Waals surface area contributed by atoms with Crippen LogP contribution >= 0.6 is 11.6 Å². The van der Waals surface area contributed by atoms with Crippen molar-refractivity contribution < 1.29 is 23.7 Å². The van der Waals surface area contributed by atoms with E-state index in [0.717, 1.165) is 35.1 Å². The van der Waals surface area contributed by atoms with Gasteiger partial charge in [-0.25, -0.2) is 0 Å².